The maximum atomic E-state index is 7.06. The van der Waals surface area contributed by atoms with Crippen LogP contribution in [0, 0.1) is 0 Å². The molecule has 0 saturated carbocycles. The van der Waals surface area contributed by atoms with Gasteiger partial charge >= 0.3 is 428 Å². The first-order valence-corrected chi connectivity index (χ1v) is 56.2. The zero-order valence-corrected chi connectivity index (χ0v) is 50.6. The van der Waals surface area contributed by atoms with Crippen LogP contribution in [0.1, 0.15) is 47.9 Å². The third kappa shape index (κ3) is 8.43. The molecule has 4 saturated heterocycles. The molecule has 0 radical (unpaired) electrons. The van der Waals surface area contributed by atoms with E-state index in [1.807, 2.05) is 0 Å². The van der Waals surface area contributed by atoms with E-state index in [0.29, 0.717) is 0 Å². The molecular weight excluding hydrogens is 1290 g/mol. The Bertz CT molecular complexity index is 2650. The van der Waals surface area contributed by atoms with Gasteiger partial charge in [0.25, 0.3) is 0 Å². The van der Waals surface area contributed by atoms with Crippen molar-refractivity contribution in [2.75, 3.05) is 82.8 Å². The summed E-state index contributed by atoms with van der Waals surface area (Å²) in [6, 6.07) is 9.34. The van der Waals surface area contributed by atoms with E-state index >= 15 is 0 Å². The Morgan fingerprint density at radius 3 is 1.69 bits per heavy atom. The number of nitrogens with zero attached hydrogens (tertiary/aromatic N) is 2. The Kier molecular flexibility index (Phi) is 13.8. The predicted molar refractivity (Wildman–Crippen MR) is 288 cm³/mol. The summed E-state index contributed by atoms with van der Waals surface area (Å²) in [6.07, 6.45) is 9.49. The second-order valence-corrected chi connectivity index (χ2v) is 69.8. The SMILES string of the molecule is c1c2c([c]([Sb]3[S]CC[S]3)c3c1N=c1cc4c([c]([Sb]5[S]CC[S]5)c1O3)=[NH+]CCC4)NCCC2.c1c2c(c([As]3SCCS3)c3c1N=c1cc4c(c([As]5SCCS5)c1O3)=[NH+]CCC4)NCCC2. The zero-order chi connectivity index (χ0) is 42.1. The second-order valence-electron chi connectivity index (χ2n) is 16.7. The Balaban J connectivity index is 0.000000129. The number of benzene rings is 4. The molecule has 332 valence electrons. The third-order valence-electron chi connectivity index (χ3n) is 12.6. The molecule has 20 heteroatoms. The molecule has 10 aliphatic heterocycles. The van der Waals surface area contributed by atoms with E-state index in [4.69, 9.17) is 19.5 Å². The second kappa shape index (κ2) is 19.8. The van der Waals surface area contributed by atoms with Crippen molar-refractivity contribution in [1.82, 2.24) is 0 Å². The van der Waals surface area contributed by atoms with Crippen LogP contribution in [0.4, 0.5) is 22.7 Å². The minimum atomic E-state index is -1.69. The van der Waals surface area contributed by atoms with Crippen LogP contribution >= 0.6 is 75.5 Å². The number of fused-ring (bicyclic) bond motifs is 8. The number of hydrogen-bond acceptors (Lipinski definition) is 14. The molecule has 0 atom stereocenters. The number of nitrogens with one attached hydrogen (secondary N) is 4. The molecule has 10 aliphatic rings. The van der Waals surface area contributed by atoms with Crippen molar-refractivity contribution in [3.05, 3.63) is 67.9 Å². The van der Waals surface area contributed by atoms with Crippen LogP contribution in [0.2, 0.25) is 0 Å². The maximum absolute atomic E-state index is 7.06. The summed E-state index contributed by atoms with van der Waals surface area (Å²) in [5.41, 5.74) is 10.9. The van der Waals surface area contributed by atoms with Crippen molar-refractivity contribution < 1.29 is 19.5 Å². The molecule has 0 aromatic heterocycles. The molecule has 14 rings (SSSR count). The van der Waals surface area contributed by atoms with Crippen LogP contribution in [0.3, 0.4) is 0 Å². The summed E-state index contributed by atoms with van der Waals surface area (Å²) >= 11 is -5.91. The van der Waals surface area contributed by atoms with Gasteiger partial charge in [-0.2, -0.15) is 0 Å². The molecule has 64 heavy (non-hydrogen) atoms. The summed E-state index contributed by atoms with van der Waals surface area (Å²) in [5.74, 6) is 14.7. The van der Waals surface area contributed by atoms with Gasteiger partial charge in [-0.15, -0.1) is 0 Å². The van der Waals surface area contributed by atoms with Crippen LogP contribution in [-0.4, -0.2) is 132 Å². The monoisotopic (exact) mass is 1340 g/mol. The topological polar surface area (TPSA) is 95.2 Å². The predicted octanol–water partition coefficient (Wildman–Crippen LogP) is 2.20. The fourth-order valence-corrected chi connectivity index (χ4v) is 79.4. The van der Waals surface area contributed by atoms with E-state index in [1.54, 1.807) is 7.02 Å². The van der Waals surface area contributed by atoms with Gasteiger partial charge in [0.05, 0.1) is 0 Å². The van der Waals surface area contributed by atoms with Gasteiger partial charge < -0.3 is 0 Å². The number of anilines is 2. The number of hydrogen-bond donors (Lipinski definition) is 4. The van der Waals surface area contributed by atoms with Crippen molar-refractivity contribution in [3.8, 4) is 23.0 Å². The number of rotatable bonds is 4. The number of aryl methyl sites for hydroxylation is 4. The van der Waals surface area contributed by atoms with E-state index in [2.05, 4.69) is 120 Å². The van der Waals surface area contributed by atoms with Gasteiger partial charge in [0.2, 0.25) is 0 Å². The van der Waals surface area contributed by atoms with E-state index in [1.165, 1.54) is 138 Å². The molecule has 8 nitrogen and oxygen atoms in total. The molecule has 4 aromatic rings. The summed E-state index contributed by atoms with van der Waals surface area (Å²) < 4.78 is 20.2. The van der Waals surface area contributed by atoms with Gasteiger partial charge in [0, 0.05) is 0 Å². The van der Waals surface area contributed by atoms with Gasteiger partial charge in [-0.3, -0.25) is 0 Å². The molecule has 0 amide bonds. The quantitative estimate of drug-likeness (QED) is 0.195. The van der Waals surface area contributed by atoms with Crippen molar-refractivity contribution in [2.45, 2.75) is 51.4 Å². The van der Waals surface area contributed by atoms with Crippen LogP contribution in [0.5, 0.6) is 23.0 Å². The first-order valence-electron chi connectivity index (χ1n) is 22.5. The van der Waals surface area contributed by atoms with Crippen LogP contribution in [-0.2, 0) is 25.7 Å². The standard InChI is InChI=1S/C22H23As2N3OS4.C18H15N3O.2C2H6S2.2Sb/c1-3-13-11-15-21(17(19(13)25-5-1)23-29-7-8-30-23)28-22-16(27-15)12-14-4-2-6-26-20(14)18(22)24-31-9-10-32-24;1-3-11-7-15-17(9-13(11)19-5-1)22-18-10-14-12(4-2-6-20-14)8-16(18)21-15;2*3-1-2-4;;/h11-12,25H,1-10H2;7-8,19H,1-6H2;2*3-4H,1-2H2;;/q;;;;2*+2/p-2. The van der Waals surface area contributed by atoms with Gasteiger partial charge in [0.15, 0.2) is 0 Å². The summed E-state index contributed by atoms with van der Waals surface area (Å²) in [6.45, 7) is 4.33. The normalized spacial score (nSPS) is 22.0. The Labute approximate surface area is 422 Å². The van der Waals surface area contributed by atoms with Crippen LogP contribution in [0.15, 0.2) is 34.3 Å². The van der Waals surface area contributed by atoms with Gasteiger partial charge in [-0.1, -0.05) is 0 Å². The molecule has 4 N–H and O–H groups in total. The number of ether oxygens (including phenoxy) is 2. The van der Waals surface area contributed by atoms with E-state index in [9.17, 15) is 0 Å². The van der Waals surface area contributed by atoms with E-state index in [-0.39, 0.29) is 0 Å². The average molecular weight is 1340 g/mol. The first kappa shape index (κ1) is 44.8. The first-order chi connectivity index (χ1) is 31.7. The molecule has 4 aromatic carbocycles. The summed E-state index contributed by atoms with van der Waals surface area (Å²) in [7, 11) is 17.8. The minimum absolute atomic E-state index is 1.08. The Hall–Kier alpha value is 0.833. The molecule has 4 fully saturated rings. The summed E-state index contributed by atoms with van der Waals surface area (Å²) in [5, 5.41) is 12.6. The third-order valence-corrected chi connectivity index (χ3v) is 75.0. The molecule has 0 unspecified atom stereocenters. The van der Waals surface area contributed by atoms with E-state index in [0.717, 1.165) is 84.1 Å². The van der Waals surface area contributed by atoms with Gasteiger partial charge in [-0.25, -0.2) is 0 Å². The Morgan fingerprint density at radius 2 is 1.02 bits per heavy atom. The van der Waals surface area contributed by atoms with Crippen LogP contribution < -0.4 is 67.2 Å². The van der Waals surface area contributed by atoms with Crippen molar-refractivity contribution >= 4 is 173 Å². The van der Waals surface area contributed by atoms with E-state index < -0.39 is 59.5 Å². The molecule has 0 spiro atoms. The Morgan fingerprint density at radius 1 is 0.500 bits per heavy atom. The average Bonchev–Trinajstić information content (AvgIpc) is 4.20. The molecule has 0 bridgehead atoms. The van der Waals surface area contributed by atoms with Crippen molar-refractivity contribution in [3.63, 3.8) is 0 Å². The van der Waals surface area contributed by atoms with Crippen LogP contribution in [0.25, 0.3) is 0 Å². The molecule has 0 aliphatic carbocycles. The van der Waals surface area contributed by atoms with Crippen molar-refractivity contribution in [2.24, 2.45) is 9.98 Å². The fourth-order valence-electron chi connectivity index (χ4n) is 9.83. The van der Waals surface area contributed by atoms with Gasteiger partial charge in [0.1, 0.15) is 0 Å². The molecule has 10 heterocycles. The fraction of sp³-hybridized carbons (Fsp3) is 0.455. The summed E-state index contributed by atoms with van der Waals surface area (Å²) in [4.78, 5) is 18.2. The molecular formula is C44H48As2N6O2S8Sb2+2. The van der Waals surface area contributed by atoms with Crippen molar-refractivity contribution in [1.29, 1.82) is 0 Å². The zero-order valence-electron chi connectivity index (χ0n) is 35.2. The van der Waals surface area contributed by atoms with Gasteiger partial charge in [-0.05, 0) is 0 Å².